The molecule has 3 aromatic rings. The number of carbonyl (C=O) groups is 1. The molecule has 0 unspecified atom stereocenters. The summed E-state index contributed by atoms with van der Waals surface area (Å²) in [6, 6.07) is 12.0. The van der Waals surface area contributed by atoms with Crippen LogP contribution in [-0.4, -0.2) is 15.9 Å². The van der Waals surface area contributed by atoms with Crippen LogP contribution in [0.3, 0.4) is 0 Å². The van der Waals surface area contributed by atoms with Crippen molar-refractivity contribution >= 4 is 27.8 Å². The largest absolute Gasteiger partial charge is 0.459 e. The van der Waals surface area contributed by atoms with Crippen LogP contribution >= 0.6 is 0 Å². The standard InChI is InChI=1S/C25H32N2O2/c1-2-3-4-5-6-7-8-9-10-13-23(28)29-19-22-17-16-21-15-14-20-12-11-18-26-24(20)25(21)27-22/h11-12,14-18H,2-10,13,19H2,1H3. The highest BCUT2D eigenvalue weighted by Gasteiger charge is 2.07. The molecule has 0 saturated carbocycles. The zero-order valence-corrected chi connectivity index (χ0v) is 17.5. The zero-order valence-electron chi connectivity index (χ0n) is 17.5. The minimum absolute atomic E-state index is 0.133. The van der Waals surface area contributed by atoms with E-state index in [1.165, 1.54) is 44.9 Å². The van der Waals surface area contributed by atoms with Gasteiger partial charge in [-0.1, -0.05) is 82.6 Å². The third-order valence-electron chi connectivity index (χ3n) is 5.36. The summed E-state index contributed by atoms with van der Waals surface area (Å²) in [5.41, 5.74) is 2.50. The van der Waals surface area contributed by atoms with Gasteiger partial charge in [-0.15, -0.1) is 0 Å². The van der Waals surface area contributed by atoms with Crippen LogP contribution in [0.5, 0.6) is 0 Å². The molecule has 0 N–H and O–H groups in total. The van der Waals surface area contributed by atoms with Crippen LogP contribution in [0.25, 0.3) is 21.8 Å². The summed E-state index contributed by atoms with van der Waals surface area (Å²) in [5, 5.41) is 2.10. The molecule has 0 spiro atoms. The molecule has 4 nitrogen and oxygen atoms in total. The van der Waals surface area contributed by atoms with Crippen molar-refractivity contribution in [2.24, 2.45) is 0 Å². The van der Waals surface area contributed by atoms with Gasteiger partial charge in [0, 0.05) is 23.4 Å². The molecule has 0 bridgehead atoms. The summed E-state index contributed by atoms with van der Waals surface area (Å²) in [4.78, 5) is 21.2. The lowest BCUT2D eigenvalue weighted by Crippen LogP contribution is -2.05. The summed E-state index contributed by atoms with van der Waals surface area (Å²) in [6.45, 7) is 2.46. The third kappa shape index (κ3) is 6.52. The molecule has 154 valence electrons. The van der Waals surface area contributed by atoms with Crippen LogP contribution in [0.1, 0.15) is 76.8 Å². The van der Waals surface area contributed by atoms with E-state index in [9.17, 15) is 4.79 Å². The lowest BCUT2D eigenvalue weighted by atomic mass is 10.1. The van der Waals surface area contributed by atoms with Gasteiger partial charge < -0.3 is 4.74 Å². The molecular formula is C25H32N2O2. The maximum Gasteiger partial charge on any atom is 0.306 e. The van der Waals surface area contributed by atoms with Gasteiger partial charge in [0.1, 0.15) is 6.61 Å². The van der Waals surface area contributed by atoms with Gasteiger partial charge in [0.2, 0.25) is 0 Å². The number of ether oxygens (including phenoxy) is 1. The Labute approximate surface area is 173 Å². The lowest BCUT2D eigenvalue weighted by Gasteiger charge is -2.07. The number of unbranched alkanes of at least 4 members (excludes halogenated alkanes) is 8. The maximum atomic E-state index is 12.0. The molecule has 0 atom stereocenters. The molecule has 0 aliphatic carbocycles. The van der Waals surface area contributed by atoms with Crippen LogP contribution < -0.4 is 0 Å². The highest BCUT2D eigenvalue weighted by atomic mass is 16.5. The third-order valence-corrected chi connectivity index (χ3v) is 5.36. The Kier molecular flexibility index (Phi) is 8.41. The van der Waals surface area contributed by atoms with Crippen LogP contribution in [0.2, 0.25) is 0 Å². The molecule has 0 radical (unpaired) electrons. The second-order valence-electron chi connectivity index (χ2n) is 7.75. The first kappa shape index (κ1) is 21.2. The number of nitrogens with zero attached hydrogens (tertiary/aromatic N) is 2. The van der Waals surface area contributed by atoms with Crippen LogP contribution in [0, 0.1) is 0 Å². The zero-order chi connectivity index (χ0) is 20.3. The lowest BCUT2D eigenvalue weighted by molar-refractivity contribution is -0.145. The quantitative estimate of drug-likeness (QED) is 0.194. The van der Waals surface area contributed by atoms with Gasteiger partial charge in [-0.05, 0) is 18.6 Å². The average Bonchev–Trinajstić information content (AvgIpc) is 2.76. The molecule has 0 saturated heterocycles. The Balaban J connectivity index is 1.40. The first-order chi connectivity index (χ1) is 14.3. The fourth-order valence-corrected chi connectivity index (χ4v) is 3.65. The molecule has 0 amide bonds. The van der Waals surface area contributed by atoms with E-state index in [1.807, 2.05) is 30.3 Å². The van der Waals surface area contributed by atoms with Crippen LogP contribution in [0.15, 0.2) is 42.6 Å². The summed E-state index contributed by atoms with van der Waals surface area (Å²) in [6.07, 6.45) is 13.5. The van der Waals surface area contributed by atoms with E-state index in [-0.39, 0.29) is 12.6 Å². The van der Waals surface area contributed by atoms with E-state index in [4.69, 9.17) is 4.74 Å². The number of benzene rings is 1. The molecule has 0 fully saturated rings. The van der Waals surface area contributed by atoms with Gasteiger partial charge in [-0.25, -0.2) is 4.98 Å². The number of aromatic nitrogens is 2. The van der Waals surface area contributed by atoms with Crippen molar-refractivity contribution in [3.05, 3.63) is 48.3 Å². The van der Waals surface area contributed by atoms with Gasteiger partial charge >= 0.3 is 5.97 Å². The van der Waals surface area contributed by atoms with E-state index >= 15 is 0 Å². The molecular weight excluding hydrogens is 360 g/mol. The van der Waals surface area contributed by atoms with E-state index in [0.717, 1.165) is 40.3 Å². The molecule has 2 aromatic heterocycles. The topological polar surface area (TPSA) is 52.1 Å². The predicted octanol–water partition coefficient (Wildman–Crippen LogP) is 6.75. The SMILES string of the molecule is CCCCCCCCCCCC(=O)OCc1ccc2ccc3cccnc3c2n1. The molecule has 1 aromatic carbocycles. The van der Waals surface area contributed by atoms with Crippen LogP contribution in [-0.2, 0) is 16.1 Å². The minimum Gasteiger partial charge on any atom is -0.459 e. The average molecular weight is 393 g/mol. The second kappa shape index (κ2) is 11.5. The fraction of sp³-hybridized carbons (Fsp3) is 0.480. The highest BCUT2D eigenvalue weighted by Crippen LogP contribution is 2.22. The summed E-state index contributed by atoms with van der Waals surface area (Å²) >= 11 is 0. The Morgan fingerprint density at radius 3 is 2.24 bits per heavy atom. The predicted molar refractivity (Wildman–Crippen MR) is 119 cm³/mol. The van der Waals surface area contributed by atoms with Crippen molar-refractivity contribution in [3.63, 3.8) is 0 Å². The maximum absolute atomic E-state index is 12.0. The first-order valence-electron chi connectivity index (χ1n) is 11.1. The molecule has 0 aliphatic rings. The van der Waals surface area contributed by atoms with Crippen molar-refractivity contribution in [1.82, 2.24) is 9.97 Å². The Morgan fingerprint density at radius 1 is 0.828 bits per heavy atom. The van der Waals surface area contributed by atoms with Crippen molar-refractivity contribution in [2.75, 3.05) is 0 Å². The number of rotatable bonds is 12. The summed E-state index contributed by atoms with van der Waals surface area (Å²) in [5.74, 6) is -0.133. The van der Waals surface area contributed by atoms with Gasteiger partial charge in [0.15, 0.2) is 0 Å². The van der Waals surface area contributed by atoms with Gasteiger partial charge in [0.25, 0.3) is 0 Å². The number of hydrogen-bond donors (Lipinski definition) is 0. The fourth-order valence-electron chi connectivity index (χ4n) is 3.65. The second-order valence-corrected chi connectivity index (χ2v) is 7.75. The summed E-state index contributed by atoms with van der Waals surface area (Å²) < 4.78 is 5.44. The van der Waals surface area contributed by atoms with E-state index in [2.05, 4.69) is 23.0 Å². The number of esters is 1. The monoisotopic (exact) mass is 392 g/mol. The molecule has 2 heterocycles. The van der Waals surface area contributed by atoms with Gasteiger partial charge in [-0.2, -0.15) is 0 Å². The molecule has 29 heavy (non-hydrogen) atoms. The number of pyridine rings is 2. The van der Waals surface area contributed by atoms with Crippen molar-refractivity contribution < 1.29 is 9.53 Å². The smallest absolute Gasteiger partial charge is 0.306 e. The van der Waals surface area contributed by atoms with E-state index in [1.54, 1.807) is 6.20 Å². The number of hydrogen-bond acceptors (Lipinski definition) is 4. The highest BCUT2D eigenvalue weighted by molar-refractivity contribution is 6.02. The van der Waals surface area contributed by atoms with Crippen molar-refractivity contribution in [3.8, 4) is 0 Å². The first-order valence-corrected chi connectivity index (χ1v) is 11.1. The normalized spacial score (nSPS) is 11.2. The van der Waals surface area contributed by atoms with E-state index < -0.39 is 0 Å². The van der Waals surface area contributed by atoms with Crippen molar-refractivity contribution in [1.29, 1.82) is 0 Å². The van der Waals surface area contributed by atoms with Gasteiger partial charge in [-0.3, -0.25) is 9.78 Å². The minimum atomic E-state index is -0.133. The van der Waals surface area contributed by atoms with Crippen LogP contribution in [0.4, 0.5) is 0 Å². The number of fused-ring (bicyclic) bond motifs is 3. The van der Waals surface area contributed by atoms with E-state index in [0.29, 0.717) is 6.42 Å². The van der Waals surface area contributed by atoms with Crippen molar-refractivity contribution in [2.45, 2.75) is 77.7 Å². The Morgan fingerprint density at radius 2 is 1.48 bits per heavy atom. The van der Waals surface area contributed by atoms with Gasteiger partial charge in [0.05, 0.1) is 16.7 Å². The molecule has 0 aliphatic heterocycles. The Bertz CT molecular complexity index is 923. The molecule has 4 heteroatoms. The molecule has 3 rings (SSSR count). The Hall–Kier alpha value is -2.49. The number of carbonyl (C=O) groups excluding carboxylic acids is 1. The summed E-state index contributed by atoms with van der Waals surface area (Å²) in [7, 11) is 0.